The van der Waals surface area contributed by atoms with E-state index in [1.165, 1.54) is 0 Å². The molecule has 32 heavy (non-hydrogen) atoms. The van der Waals surface area contributed by atoms with E-state index in [1.807, 2.05) is 78.9 Å². The maximum absolute atomic E-state index is 12.3. The first kappa shape index (κ1) is 22.9. The zero-order valence-corrected chi connectivity index (χ0v) is 18.5. The van der Waals surface area contributed by atoms with E-state index in [0.717, 1.165) is 16.8 Å². The lowest BCUT2D eigenvalue weighted by molar-refractivity contribution is -0.128. The smallest absolute Gasteiger partial charge is 0.243 e. The van der Waals surface area contributed by atoms with Gasteiger partial charge in [0, 0.05) is 38.0 Å². The molecule has 0 heterocycles. The summed E-state index contributed by atoms with van der Waals surface area (Å²) in [5.41, 5.74) is 3.70. The zero-order chi connectivity index (χ0) is 22.8. The number of aryl methyl sites for hydroxylation is 1. The molecule has 3 aromatic carbocycles. The number of carbonyl (C=O) groups is 2. The SMILES string of the molecule is CN(C)C(=O)CCc1ccc(NCC(=O)Nc2cccc(OCc3ccccc3)c2)cc1. The van der Waals surface area contributed by atoms with Crippen LogP contribution in [0.3, 0.4) is 0 Å². The molecule has 2 N–H and O–H groups in total. The lowest BCUT2D eigenvalue weighted by atomic mass is 10.1. The van der Waals surface area contributed by atoms with Gasteiger partial charge in [-0.1, -0.05) is 48.5 Å². The fraction of sp³-hybridized carbons (Fsp3) is 0.231. The second-order valence-electron chi connectivity index (χ2n) is 7.69. The molecule has 0 aliphatic heterocycles. The Morgan fingerprint density at radius 2 is 1.59 bits per heavy atom. The summed E-state index contributed by atoms with van der Waals surface area (Å²) in [5, 5.41) is 6.00. The third-order valence-corrected chi connectivity index (χ3v) is 4.90. The summed E-state index contributed by atoms with van der Waals surface area (Å²) in [4.78, 5) is 25.6. The van der Waals surface area contributed by atoms with Crippen molar-refractivity contribution < 1.29 is 14.3 Å². The summed E-state index contributed by atoms with van der Waals surface area (Å²) < 4.78 is 5.81. The minimum Gasteiger partial charge on any atom is -0.489 e. The van der Waals surface area contributed by atoms with Gasteiger partial charge in [0.05, 0.1) is 6.54 Å². The van der Waals surface area contributed by atoms with E-state index < -0.39 is 0 Å². The fourth-order valence-corrected chi connectivity index (χ4v) is 3.06. The van der Waals surface area contributed by atoms with Crippen LogP contribution in [0.2, 0.25) is 0 Å². The number of rotatable bonds is 10. The predicted octanol–water partition coefficient (Wildman–Crippen LogP) is 4.34. The van der Waals surface area contributed by atoms with Crippen molar-refractivity contribution >= 4 is 23.2 Å². The molecule has 0 aliphatic rings. The van der Waals surface area contributed by atoms with Gasteiger partial charge in [-0.15, -0.1) is 0 Å². The van der Waals surface area contributed by atoms with Gasteiger partial charge in [-0.3, -0.25) is 9.59 Å². The summed E-state index contributed by atoms with van der Waals surface area (Å²) in [6.45, 7) is 0.618. The van der Waals surface area contributed by atoms with Crippen LogP contribution in [0, 0.1) is 0 Å². The molecule has 0 aliphatic carbocycles. The Labute approximate surface area is 189 Å². The largest absolute Gasteiger partial charge is 0.489 e. The second kappa shape index (κ2) is 11.6. The number of benzene rings is 3. The topological polar surface area (TPSA) is 70.7 Å². The first-order valence-corrected chi connectivity index (χ1v) is 10.6. The minimum atomic E-state index is -0.147. The number of ether oxygens (including phenoxy) is 1. The lowest BCUT2D eigenvalue weighted by Crippen LogP contribution is -2.22. The molecule has 6 heteroatoms. The van der Waals surface area contributed by atoms with Crippen molar-refractivity contribution in [1.29, 1.82) is 0 Å². The van der Waals surface area contributed by atoms with E-state index in [2.05, 4.69) is 10.6 Å². The molecule has 2 amide bonds. The van der Waals surface area contributed by atoms with Gasteiger partial charge in [-0.25, -0.2) is 0 Å². The molecule has 0 unspecified atom stereocenters. The van der Waals surface area contributed by atoms with Crippen molar-refractivity contribution in [3.63, 3.8) is 0 Å². The van der Waals surface area contributed by atoms with Crippen molar-refractivity contribution in [3.8, 4) is 5.75 Å². The zero-order valence-electron chi connectivity index (χ0n) is 18.5. The highest BCUT2D eigenvalue weighted by atomic mass is 16.5. The van der Waals surface area contributed by atoms with Crippen LogP contribution in [0.15, 0.2) is 78.9 Å². The summed E-state index contributed by atoms with van der Waals surface area (Å²) >= 11 is 0. The maximum Gasteiger partial charge on any atom is 0.243 e. The molecule has 0 saturated heterocycles. The summed E-state index contributed by atoms with van der Waals surface area (Å²) in [6.07, 6.45) is 1.18. The highest BCUT2D eigenvalue weighted by Gasteiger charge is 2.06. The highest BCUT2D eigenvalue weighted by molar-refractivity contribution is 5.93. The number of hydrogen-bond acceptors (Lipinski definition) is 4. The molecular weight excluding hydrogens is 402 g/mol. The molecule has 0 spiro atoms. The Hall–Kier alpha value is -3.80. The van der Waals surface area contributed by atoms with Crippen molar-refractivity contribution in [3.05, 3.63) is 90.0 Å². The molecule has 0 aromatic heterocycles. The summed E-state index contributed by atoms with van der Waals surface area (Å²) in [7, 11) is 3.52. The molecular formula is C26H29N3O3. The van der Waals surface area contributed by atoms with Gasteiger partial charge >= 0.3 is 0 Å². The molecule has 0 fully saturated rings. The quantitative estimate of drug-likeness (QED) is 0.501. The van der Waals surface area contributed by atoms with Gasteiger partial charge in [-0.2, -0.15) is 0 Å². The van der Waals surface area contributed by atoms with Crippen molar-refractivity contribution in [2.75, 3.05) is 31.3 Å². The van der Waals surface area contributed by atoms with E-state index >= 15 is 0 Å². The van der Waals surface area contributed by atoms with Crippen molar-refractivity contribution in [2.24, 2.45) is 0 Å². The van der Waals surface area contributed by atoms with Gasteiger partial charge in [0.1, 0.15) is 12.4 Å². The monoisotopic (exact) mass is 431 g/mol. The molecule has 3 aromatic rings. The van der Waals surface area contributed by atoms with Gasteiger partial charge in [0.2, 0.25) is 11.8 Å². The van der Waals surface area contributed by atoms with Crippen molar-refractivity contribution in [2.45, 2.75) is 19.4 Å². The molecule has 0 radical (unpaired) electrons. The van der Waals surface area contributed by atoms with E-state index in [9.17, 15) is 9.59 Å². The number of hydrogen-bond donors (Lipinski definition) is 2. The van der Waals surface area contributed by atoms with Gasteiger partial charge < -0.3 is 20.3 Å². The average molecular weight is 432 g/mol. The van der Waals surface area contributed by atoms with E-state index in [4.69, 9.17) is 4.74 Å². The first-order chi connectivity index (χ1) is 15.5. The molecule has 3 rings (SSSR count). The Balaban J connectivity index is 1.44. The fourth-order valence-electron chi connectivity index (χ4n) is 3.06. The van der Waals surface area contributed by atoms with Crippen LogP contribution >= 0.6 is 0 Å². The second-order valence-corrected chi connectivity index (χ2v) is 7.69. The Kier molecular flexibility index (Phi) is 8.26. The number of nitrogens with one attached hydrogen (secondary N) is 2. The number of carbonyl (C=O) groups excluding carboxylic acids is 2. The number of nitrogens with zero attached hydrogens (tertiary/aromatic N) is 1. The predicted molar refractivity (Wildman–Crippen MR) is 128 cm³/mol. The molecule has 6 nitrogen and oxygen atoms in total. The minimum absolute atomic E-state index is 0.110. The Morgan fingerprint density at radius 1 is 0.844 bits per heavy atom. The van der Waals surface area contributed by atoms with Crippen LogP contribution in [-0.2, 0) is 22.6 Å². The molecule has 166 valence electrons. The highest BCUT2D eigenvalue weighted by Crippen LogP contribution is 2.19. The van der Waals surface area contributed by atoms with Crippen LogP contribution in [0.1, 0.15) is 17.5 Å². The van der Waals surface area contributed by atoms with Gasteiger partial charge in [0.25, 0.3) is 0 Å². The van der Waals surface area contributed by atoms with E-state index in [0.29, 0.717) is 30.9 Å². The van der Waals surface area contributed by atoms with Crippen LogP contribution in [0.25, 0.3) is 0 Å². The molecule has 0 saturated carbocycles. The molecule has 0 atom stereocenters. The van der Waals surface area contributed by atoms with E-state index in [1.54, 1.807) is 19.0 Å². The van der Waals surface area contributed by atoms with Gasteiger partial charge in [0.15, 0.2) is 0 Å². The van der Waals surface area contributed by atoms with Crippen LogP contribution in [0.4, 0.5) is 11.4 Å². The number of anilines is 2. The average Bonchev–Trinajstić information content (AvgIpc) is 2.81. The van der Waals surface area contributed by atoms with Crippen molar-refractivity contribution in [1.82, 2.24) is 4.90 Å². The molecule has 0 bridgehead atoms. The summed E-state index contributed by atoms with van der Waals surface area (Å²) in [5.74, 6) is 0.659. The standard InChI is InChI=1S/C26H29N3O3/c1-29(2)26(31)16-13-20-11-14-22(15-12-20)27-18-25(30)28-23-9-6-10-24(17-23)32-19-21-7-4-3-5-8-21/h3-12,14-15,17,27H,13,16,18-19H2,1-2H3,(H,28,30). The number of amides is 2. The normalized spacial score (nSPS) is 10.3. The van der Waals surface area contributed by atoms with Crippen LogP contribution < -0.4 is 15.4 Å². The van der Waals surface area contributed by atoms with Crippen LogP contribution in [-0.4, -0.2) is 37.4 Å². The lowest BCUT2D eigenvalue weighted by Gasteiger charge is -2.11. The third-order valence-electron chi connectivity index (χ3n) is 4.90. The van der Waals surface area contributed by atoms with Crippen LogP contribution in [0.5, 0.6) is 5.75 Å². The Morgan fingerprint density at radius 3 is 2.31 bits per heavy atom. The Bertz CT molecular complexity index is 1020. The summed E-state index contributed by atoms with van der Waals surface area (Å²) in [6, 6.07) is 25.1. The van der Waals surface area contributed by atoms with Gasteiger partial charge in [-0.05, 0) is 41.8 Å². The maximum atomic E-state index is 12.3. The third kappa shape index (κ3) is 7.47. The first-order valence-electron chi connectivity index (χ1n) is 10.6. The van der Waals surface area contributed by atoms with E-state index in [-0.39, 0.29) is 18.4 Å².